The third-order valence-corrected chi connectivity index (χ3v) is 5.42. The largest absolute Gasteiger partial charge is 0.495 e. The molecule has 8 heteroatoms. The molecule has 0 spiro atoms. The molecule has 1 aliphatic heterocycles. The molecule has 0 N–H and O–H groups in total. The molecule has 1 aliphatic rings. The Morgan fingerprint density at radius 1 is 1.34 bits per heavy atom. The van der Waals surface area contributed by atoms with Crippen molar-refractivity contribution < 1.29 is 19.0 Å². The quantitative estimate of drug-likeness (QED) is 0.592. The number of hydrogen-bond acceptors (Lipinski definition) is 6. The number of nitrogens with zero attached hydrogens (tertiary/aromatic N) is 2. The third kappa shape index (κ3) is 5.50. The first-order valence-corrected chi connectivity index (χ1v) is 10.9. The fourth-order valence-corrected chi connectivity index (χ4v) is 3.93. The van der Waals surface area contributed by atoms with Crippen LogP contribution in [0.15, 0.2) is 35.3 Å². The molecule has 2 heterocycles. The molecule has 3 rings (SSSR count). The number of benzene rings is 1. The Kier molecular flexibility index (Phi) is 7.27. The van der Waals surface area contributed by atoms with Gasteiger partial charge in [-0.1, -0.05) is 11.6 Å². The summed E-state index contributed by atoms with van der Waals surface area (Å²) in [5.41, 5.74) is 0.135. The van der Waals surface area contributed by atoms with E-state index in [1.54, 1.807) is 39.0 Å². The summed E-state index contributed by atoms with van der Waals surface area (Å²) >= 11 is 6.13. The highest BCUT2D eigenvalue weighted by atomic mass is 35.5. The van der Waals surface area contributed by atoms with Crippen LogP contribution in [0.4, 0.5) is 0 Å². The van der Waals surface area contributed by atoms with Crippen molar-refractivity contribution in [1.82, 2.24) is 4.57 Å². The van der Waals surface area contributed by atoms with E-state index < -0.39 is 23.2 Å². The lowest BCUT2D eigenvalue weighted by molar-refractivity contribution is -0.160. The molecule has 2 aromatic rings. The molecule has 1 saturated heterocycles. The van der Waals surface area contributed by atoms with Crippen LogP contribution in [0, 0.1) is 11.3 Å². The first-order chi connectivity index (χ1) is 15.1. The molecule has 0 radical (unpaired) electrons. The van der Waals surface area contributed by atoms with E-state index in [1.807, 2.05) is 0 Å². The second-order valence-corrected chi connectivity index (χ2v) is 9.16. The molecule has 0 saturated carbocycles. The highest BCUT2D eigenvalue weighted by Crippen LogP contribution is 2.34. The van der Waals surface area contributed by atoms with Gasteiger partial charge in [-0.3, -0.25) is 9.36 Å². The highest BCUT2D eigenvalue weighted by molar-refractivity contribution is 6.31. The van der Waals surface area contributed by atoms with Gasteiger partial charge >= 0.3 is 5.97 Å². The number of nitriles is 1. The second kappa shape index (κ2) is 9.76. The Morgan fingerprint density at radius 2 is 2.09 bits per heavy atom. The van der Waals surface area contributed by atoms with E-state index in [2.05, 4.69) is 6.07 Å². The lowest BCUT2D eigenvalue weighted by Gasteiger charge is -2.27. The molecular formula is C24H27ClN2O5. The van der Waals surface area contributed by atoms with E-state index in [9.17, 15) is 14.9 Å². The van der Waals surface area contributed by atoms with Gasteiger partial charge in [-0.2, -0.15) is 5.26 Å². The van der Waals surface area contributed by atoms with E-state index in [4.69, 9.17) is 25.8 Å². The Morgan fingerprint density at radius 3 is 2.69 bits per heavy atom. The number of ether oxygens (including phenoxy) is 3. The summed E-state index contributed by atoms with van der Waals surface area (Å²) in [6.07, 6.45) is 3.40. The second-order valence-electron chi connectivity index (χ2n) is 8.72. The smallest absolute Gasteiger partial charge is 0.329 e. The lowest BCUT2D eigenvalue weighted by atomic mass is 10.00. The third-order valence-electron chi connectivity index (χ3n) is 5.18. The number of pyridine rings is 1. The van der Waals surface area contributed by atoms with Crippen LogP contribution in [0.2, 0.25) is 5.02 Å². The van der Waals surface area contributed by atoms with Gasteiger partial charge in [-0.15, -0.1) is 0 Å². The summed E-state index contributed by atoms with van der Waals surface area (Å²) in [4.78, 5) is 26.3. The fourth-order valence-electron chi connectivity index (χ4n) is 3.75. The monoisotopic (exact) mass is 458 g/mol. The zero-order valence-corrected chi connectivity index (χ0v) is 19.4. The minimum atomic E-state index is -0.873. The van der Waals surface area contributed by atoms with Gasteiger partial charge < -0.3 is 14.2 Å². The Bertz CT molecular complexity index is 1090. The van der Waals surface area contributed by atoms with Crippen molar-refractivity contribution in [3.05, 3.63) is 51.4 Å². The highest BCUT2D eigenvalue weighted by Gasteiger charge is 2.32. The number of methoxy groups -OCH3 is 1. The summed E-state index contributed by atoms with van der Waals surface area (Å²) < 4.78 is 18.2. The van der Waals surface area contributed by atoms with Crippen molar-refractivity contribution in [2.45, 2.75) is 57.8 Å². The summed E-state index contributed by atoms with van der Waals surface area (Å²) in [6, 6.07) is 7.40. The number of hydrogen-bond donors (Lipinski definition) is 0. The Balaban J connectivity index is 2.10. The lowest BCUT2D eigenvalue weighted by Crippen LogP contribution is -2.36. The van der Waals surface area contributed by atoms with Crippen LogP contribution in [0.5, 0.6) is 5.75 Å². The SMILES string of the molecule is COc1cn(C(C[C@@H]2CCCO2)C(=O)OC(C)(C)C)c(=O)cc1-c1cc(Cl)ccc1C#N. The summed E-state index contributed by atoms with van der Waals surface area (Å²) in [5.74, 6) is -0.172. The van der Waals surface area contributed by atoms with Gasteiger partial charge in [0.1, 0.15) is 17.4 Å². The first kappa shape index (κ1) is 23.8. The van der Waals surface area contributed by atoms with Gasteiger partial charge in [0.2, 0.25) is 0 Å². The van der Waals surface area contributed by atoms with Crippen LogP contribution >= 0.6 is 11.6 Å². The summed E-state index contributed by atoms with van der Waals surface area (Å²) in [6.45, 7) is 5.98. The number of rotatable bonds is 6. The summed E-state index contributed by atoms with van der Waals surface area (Å²) in [5, 5.41) is 9.92. The maximum atomic E-state index is 13.2. The van der Waals surface area contributed by atoms with Crippen LogP contribution in [-0.2, 0) is 14.3 Å². The van der Waals surface area contributed by atoms with Gasteiger partial charge in [0.05, 0.1) is 31.0 Å². The van der Waals surface area contributed by atoms with Crippen molar-refractivity contribution in [1.29, 1.82) is 5.26 Å². The van der Waals surface area contributed by atoms with E-state index in [0.717, 1.165) is 12.8 Å². The van der Waals surface area contributed by atoms with Crippen LogP contribution in [0.1, 0.15) is 51.6 Å². The maximum Gasteiger partial charge on any atom is 0.329 e. The van der Waals surface area contributed by atoms with Gasteiger partial charge in [-0.05, 0) is 51.8 Å². The van der Waals surface area contributed by atoms with Crippen molar-refractivity contribution in [2.24, 2.45) is 0 Å². The minimum absolute atomic E-state index is 0.136. The minimum Gasteiger partial charge on any atom is -0.495 e. The van der Waals surface area contributed by atoms with Crippen LogP contribution < -0.4 is 10.3 Å². The van der Waals surface area contributed by atoms with Crippen LogP contribution in [-0.4, -0.2) is 36.0 Å². The molecule has 0 bridgehead atoms. The topological polar surface area (TPSA) is 90.5 Å². The van der Waals surface area contributed by atoms with Gasteiger partial charge in [0.25, 0.3) is 5.56 Å². The predicted molar refractivity (Wildman–Crippen MR) is 121 cm³/mol. The first-order valence-electron chi connectivity index (χ1n) is 10.5. The van der Waals surface area contributed by atoms with Crippen molar-refractivity contribution >= 4 is 17.6 Å². The zero-order chi connectivity index (χ0) is 23.5. The average molecular weight is 459 g/mol. The molecule has 1 aromatic heterocycles. The van der Waals surface area contributed by atoms with E-state index in [0.29, 0.717) is 40.5 Å². The standard InChI is InChI=1S/C24H27ClN2O5/c1-24(2,3)32-23(29)20(11-17-6-5-9-31-17)27-14-21(30-4)19(12-22(27)28)18-10-16(25)8-7-15(18)13-26/h7-8,10,12,14,17,20H,5-6,9,11H2,1-4H3/t17-,20?/m0/s1. The molecule has 0 amide bonds. The van der Waals surface area contributed by atoms with Gasteiger partial charge in [0.15, 0.2) is 0 Å². The normalized spacial score (nSPS) is 16.9. The van der Waals surface area contributed by atoms with Crippen molar-refractivity contribution in [2.75, 3.05) is 13.7 Å². The van der Waals surface area contributed by atoms with Gasteiger partial charge in [-0.25, -0.2) is 4.79 Å². The number of halogens is 1. The summed E-state index contributed by atoms with van der Waals surface area (Å²) in [7, 11) is 1.47. The molecule has 2 atom stereocenters. The fraction of sp³-hybridized carbons (Fsp3) is 0.458. The molecule has 32 heavy (non-hydrogen) atoms. The van der Waals surface area contributed by atoms with E-state index in [1.165, 1.54) is 23.9 Å². The zero-order valence-electron chi connectivity index (χ0n) is 18.7. The van der Waals surface area contributed by atoms with Crippen molar-refractivity contribution in [3.8, 4) is 22.9 Å². The molecule has 7 nitrogen and oxygen atoms in total. The number of aromatic nitrogens is 1. The molecule has 170 valence electrons. The molecule has 0 aliphatic carbocycles. The Hall–Kier alpha value is -2.82. The number of carbonyl (C=O) groups is 1. The van der Waals surface area contributed by atoms with Crippen LogP contribution in [0.3, 0.4) is 0 Å². The van der Waals surface area contributed by atoms with Gasteiger partial charge in [0, 0.05) is 35.2 Å². The molecule has 1 unspecified atom stereocenters. The van der Waals surface area contributed by atoms with E-state index in [-0.39, 0.29) is 6.10 Å². The number of esters is 1. The van der Waals surface area contributed by atoms with E-state index >= 15 is 0 Å². The number of carbonyl (C=O) groups excluding carboxylic acids is 1. The molecule has 1 aromatic carbocycles. The molecular weight excluding hydrogens is 432 g/mol. The van der Waals surface area contributed by atoms with Crippen molar-refractivity contribution in [3.63, 3.8) is 0 Å². The molecule has 1 fully saturated rings. The predicted octanol–water partition coefficient (Wildman–Crippen LogP) is 4.50. The Labute approximate surface area is 192 Å². The maximum absolute atomic E-state index is 13.2. The average Bonchev–Trinajstić information content (AvgIpc) is 3.24. The van der Waals surface area contributed by atoms with Crippen LogP contribution in [0.25, 0.3) is 11.1 Å².